The molecule has 0 saturated carbocycles. The quantitative estimate of drug-likeness (QED) is 0.442. The molecule has 0 spiro atoms. The third-order valence-electron chi connectivity index (χ3n) is 4.34. The van der Waals surface area contributed by atoms with Crippen molar-refractivity contribution in [2.75, 3.05) is 12.3 Å². The number of hydrogen-bond donors (Lipinski definition) is 1. The summed E-state index contributed by atoms with van der Waals surface area (Å²) in [7, 11) is 0. The van der Waals surface area contributed by atoms with Crippen LogP contribution in [-0.2, 0) is 6.61 Å². The van der Waals surface area contributed by atoms with Crippen molar-refractivity contribution in [3.63, 3.8) is 0 Å². The molecule has 0 aliphatic rings. The van der Waals surface area contributed by atoms with Crippen molar-refractivity contribution < 1.29 is 14.1 Å². The molecule has 0 radical (unpaired) electrons. The van der Waals surface area contributed by atoms with Gasteiger partial charge in [-0.15, -0.1) is 11.8 Å². The number of rotatable bonds is 8. The summed E-state index contributed by atoms with van der Waals surface area (Å²) in [4.78, 5) is 13.6. The van der Waals surface area contributed by atoms with Gasteiger partial charge in [0, 0.05) is 22.8 Å². The summed E-state index contributed by atoms with van der Waals surface area (Å²) in [5.74, 6) is 2.10. The van der Waals surface area contributed by atoms with Crippen LogP contribution in [0.1, 0.15) is 32.9 Å². The number of ether oxygens (including phenoxy) is 1. The lowest BCUT2D eigenvalue weighted by atomic mass is 10.2. The molecular formula is C22H24N2O3S. The van der Waals surface area contributed by atoms with E-state index in [1.165, 1.54) is 10.5 Å². The van der Waals surface area contributed by atoms with E-state index in [2.05, 4.69) is 41.7 Å². The van der Waals surface area contributed by atoms with E-state index in [4.69, 9.17) is 9.26 Å². The molecule has 1 amide bonds. The smallest absolute Gasteiger partial charge is 0.251 e. The van der Waals surface area contributed by atoms with Gasteiger partial charge in [0.05, 0.1) is 11.3 Å². The highest BCUT2D eigenvalue weighted by molar-refractivity contribution is 7.99. The third-order valence-corrected chi connectivity index (χ3v) is 5.35. The van der Waals surface area contributed by atoms with Crippen LogP contribution >= 0.6 is 11.8 Å². The van der Waals surface area contributed by atoms with Crippen LogP contribution in [0.5, 0.6) is 5.75 Å². The number of nitrogens with zero attached hydrogens (tertiary/aromatic N) is 1. The summed E-state index contributed by atoms with van der Waals surface area (Å²) in [6.45, 7) is 6.77. The summed E-state index contributed by atoms with van der Waals surface area (Å²) >= 11 is 1.72. The highest BCUT2D eigenvalue weighted by Crippen LogP contribution is 2.19. The number of aryl methyl sites for hydroxylation is 3. The first kappa shape index (κ1) is 20.0. The summed E-state index contributed by atoms with van der Waals surface area (Å²) in [6.07, 6.45) is 0. The van der Waals surface area contributed by atoms with Gasteiger partial charge in [-0.05, 0) is 51.1 Å². The Morgan fingerprint density at radius 2 is 1.93 bits per heavy atom. The average molecular weight is 397 g/mol. The molecule has 5 nitrogen and oxygen atoms in total. The maximum Gasteiger partial charge on any atom is 0.251 e. The van der Waals surface area contributed by atoms with Crippen LogP contribution in [0.25, 0.3) is 0 Å². The van der Waals surface area contributed by atoms with Crippen LogP contribution < -0.4 is 10.1 Å². The van der Waals surface area contributed by atoms with Gasteiger partial charge in [0.2, 0.25) is 0 Å². The Balaban J connectivity index is 1.48. The molecule has 28 heavy (non-hydrogen) atoms. The molecule has 6 heteroatoms. The maximum atomic E-state index is 12.4. The van der Waals surface area contributed by atoms with Gasteiger partial charge in [-0.1, -0.05) is 28.9 Å². The first-order valence-electron chi connectivity index (χ1n) is 9.15. The molecule has 0 atom stereocenters. The van der Waals surface area contributed by atoms with E-state index in [9.17, 15) is 4.79 Å². The molecule has 0 saturated heterocycles. The minimum Gasteiger partial charge on any atom is -0.489 e. The monoisotopic (exact) mass is 396 g/mol. The zero-order chi connectivity index (χ0) is 19.9. The molecular weight excluding hydrogens is 372 g/mol. The third kappa shape index (κ3) is 5.39. The van der Waals surface area contributed by atoms with E-state index in [1.54, 1.807) is 23.9 Å². The van der Waals surface area contributed by atoms with Crippen molar-refractivity contribution in [3.8, 4) is 5.75 Å². The van der Waals surface area contributed by atoms with E-state index in [1.807, 2.05) is 26.0 Å². The Bertz CT molecular complexity index is 916. The topological polar surface area (TPSA) is 64.4 Å². The normalized spacial score (nSPS) is 10.7. The van der Waals surface area contributed by atoms with Crippen LogP contribution in [0.3, 0.4) is 0 Å². The van der Waals surface area contributed by atoms with Crippen LogP contribution in [0.2, 0.25) is 0 Å². The van der Waals surface area contributed by atoms with Gasteiger partial charge < -0.3 is 14.6 Å². The van der Waals surface area contributed by atoms with Crippen molar-refractivity contribution in [2.24, 2.45) is 0 Å². The maximum absolute atomic E-state index is 12.4. The molecule has 146 valence electrons. The highest BCUT2D eigenvalue weighted by atomic mass is 32.2. The van der Waals surface area contributed by atoms with Crippen LogP contribution in [0, 0.1) is 20.8 Å². The zero-order valence-corrected chi connectivity index (χ0v) is 17.1. The minimum atomic E-state index is -0.104. The number of nitrogens with one attached hydrogen (secondary N) is 1. The SMILES string of the molecule is Cc1ccc(SCCNC(=O)c2cccc(OCc3c(C)noc3C)c2)cc1. The molecule has 0 unspecified atom stereocenters. The first-order valence-corrected chi connectivity index (χ1v) is 10.1. The van der Waals surface area contributed by atoms with Gasteiger partial charge in [0.25, 0.3) is 5.91 Å². The van der Waals surface area contributed by atoms with Crippen LogP contribution in [0.15, 0.2) is 57.9 Å². The van der Waals surface area contributed by atoms with Crippen LogP contribution in [-0.4, -0.2) is 23.4 Å². The molecule has 1 N–H and O–H groups in total. The Morgan fingerprint density at radius 1 is 1.14 bits per heavy atom. The summed E-state index contributed by atoms with van der Waals surface area (Å²) in [6, 6.07) is 15.6. The van der Waals surface area contributed by atoms with Crippen molar-refractivity contribution in [2.45, 2.75) is 32.3 Å². The molecule has 1 aromatic heterocycles. The molecule has 3 aromatic rings. The van der Waals surface area contributed by atoms with E-state index in [-0.39, 0.29) is 5.91 Å². The number of thioether (sulfide) groups is 1. The molecule has 1 heterocycles. The molecule has 2 aromatic carbocycles. The van der Waals surface area contributed by atoms with E-state index >= 15 is 0 Å². The molecule has 0 aliphatic carbocycles. The van der Waals surface area contributed by atoms with E-state index in [0.29, 0.717) is 24.5 Å². The lowest BCUT2D eigenvalue weighted by Crippen LogP contribution is -2.25. The zero-order valence-electron chi connectivity index (χ0n) is 16.3. The Labute approximate surface area is 169 Å². The summed E-state index contributed by atoms with van der Waals surface area (Å²) in [5, 5.41) is 6.88. The molecule has 3 rings (SSSR count). The van der Waals surface area contributed by atoms with Gasteiger partial charge in [0.1, 0.15) is 18.1 Å². The number of amides is 1. The van der Waals surface area contributed by atoms with Crippen molar-refractivity contribution >= 4 is 17.7 Å². The fourth-order valence-electron chi connectivity index (χ4n) is 2.66. The highest BCUT2D eigenvalue weighted by Gasteiger charge is 2.11. The average Bonchev–Trinajstić information content (AvgIpc) is 3.02. The second-order valence-corrected chi connectivity index (χ2v) is 7.70. The molecule has 0 bridgehead atoms. The Hall–Kier alpha value is -2.73. The predicted molar refractivity (Wildman–Crippen MR) is 111 cm³/mol. The van der Waals surface area contributed by atoms with Gasteiger partial charge >= 0.3 is 0 Å². The van der Waals surface area contributed by atoms with Crippen molar-refractivity contribution in [1.82, 2.24) is 10.5 Å². The van der Waals surface area contributed by atoms with Crippen LogP contribution in [0.4, 0.5) is 0 Å². The lowest BCUT2D eigenvalue weighted by molar-refractivity contribution is 0.0955. The van der Waals surface area contributed by atoms with Gasteiger partial charge in [-0.25, -0.2) is 0 Å². The molecule has 0 aliphatic heterocycles. The summed E-state index contributed by atoms with van der Waals surface area (Å²) in [5.41, 5.74) is 3.58. The van der Waals surface area contributed by atoms with Crippen molar-refractivity contribution in [1.29, 1.82) is 0 Å². The summed E-state index contributed by atoms with van der Waals surface area (Å²) < 4.78 is 11.0. The van der Waals surface area contributed by atoms with Gasteiger partial charge in [-0.3, -0.25) is 4.79 Å². The predicted octanol–water partition coefficient (Wildman–Crippen LogP) is 4.70. The number of carbonyl (C=O) groups excluding carboxylic acids is 1. The van der Waals surface area contributed by atoms with E-state index < -0.39 is 0 Å². The first-order chi connectivity index (χ1) is 13.5. The number of carbonyl (C=O) groups is 1. The molecule has 0 fully saturated rings. The fraction of sp³-hybridized carbons (Fsp3) is 0.273. The second kappa shape index (κ2) is 9.46. The standard InChI is InChI=1S/C22H24N2O3S/c1-15-7-9-20(10-8-15)28-12-11-23-22(25)18-5-4-6-19(13-18)26-14-21-16(2)24-27-17(21)3/h4-10,13H,11-12,14H2,1-3H3,(H,23,25). The minimum absolute atomic E-state index is 0.104. The largest absolute Gasteiger partial charge is 0.489 e. The van der Waals surface area contributed by atoms with Gasteiger partial charge in [-0.2, -0.15) is 0 Å². The fourth-order valence-corrected chi connectivity index (χ4v) is 3.43. The Morgan fingerprint density at radius 3 is 2.64 bits per heavy atom. The lowest BCUT2D eigenvalue weighted by Gasteiger charge is -2.09. The second-order valence-electron chi connectivity index (χ2n) is 6.54. The number of hydrogen-bond acceptors (Lipinski definition) is 5. The number of benzene rings is 2. The van der Waals surface area contributed by atoms with E-state index in [0.717, 1.165) is 22.8 Å². The number of aromatic nitrogens is 1. The Kier molecular flexibility index (Phi) is 6.76. The van der Waals surface area contributed by atoms with Gasteiger partial charge in [0.15, 0.2) is 0 Å². The van der Waals surface area contributed by atoms with Crippen molar-refractivity contribution in [3.05, 3.63) is 76.7 Å².